The predicted octanol–water partition coefficient (Wildman–Crippen LogP) is 5.37. The van der Waals surface area contributed by atoms with Gasteiger partial charge in [-0.25, -0.2) is 14.1 Å². The number of nitrogens with zero attached hydrogens (tertiary/aromatic N) is 6. The van der Waals surface area contributed by atoms with Crippen LogP contribution < -0.4 is 9.80 Å². The van der Waals surface area contributed by atoms with Gasteiger partial charge in [-0.05, 0) is 75.2 Å². The molecular weight excluding hydrogens is 451 g/mol. The van der Waals surface area contributed by atoms with Crippen molar-refractivity contribution in [1.82, 2.24) is 19.7 Å². The second-order valence-corrected chi connectivity index (χ2v) is 11.2. The molecule has 7 heteroatoms. The van der Waals surface area contributed by atoms with Crippen molar-refractivity contribution >= 4 is 22.7 Å². The van der Waals surface area contributed by atoms with Crippen molar-refractivity contribution < 1.29 is 4.39 Å². The topological polar surface area (TPSA) is 40.4 Å². The van der Waals surface area contributed by atoms with Gasteiger partial charge < -0.3 is 9.80 Å². The fourth-order valence-electron chi connectivity index (χ4n) is 6.56. The largest absolute Gasteiger partial charge is 0.357 e. The second kappa shape index (κ2) is 10.0. The Balaban J connectivity index is 1.10. The van der Waals surface area contributed by atoms with Crippen LogP contribution in [0.15, 0.2) is 36.4 Å². The Morgan fingerprint density at radius 3 is 2.22 bits per heavy atom. The van der Waals surface area contributed by atoms with Crippen molar-refractivity contribution in [2.24, 2.45) is 12.5 Å². The summed E-state index contributed by atoms with van der Waals surface area (Å²) in [7, 11) is 2.03. The highest BCUT2D eigenvalue weighted by molar-refractivity contribution is 5.89. The van der Waals surface area contributed by atoms with Gasteiger partial charge in [0.25, 0.3) is 0 Å². The first-order valence-electron chi connectivity index (χ1n) is 13.9. The van der Waals surface area contributed by atoms with Gasteiger partial charge in [0.1, 0.15) is 11.6 Å². The monoisotopic (exact) mass is 490 g/mol. The highest BCUT2D eigenvalue weighted by Gasteiger charge is 2.38. The number of benzene rings is 1. The first kappa shape index (κ1) is 23.7. The van der Waals surface area contributed by atoms with Crippen LogP contribution in [0.1, 0.15) is 56.9 Å². The number of anilines is 2. The number of likely N-dealkylation sites (tertiary alicyclic amines) is 1. The molecule has 0 bridgehead atoms. The maximum Gasteiger partial charge on any atom is 0.162 e. The molecule has 3 aliphatic heterocycles. The Bertz CT molecular complexity index is 1180. The molecule has 36 heavy (non-hydrogen) atoms. The number of halogens is 1. The number of hydrogen-bond acceptors (Lipinski definition) is 5. The van der Waals surface area contributed by atoms with Crippen molar-refractivity contribution in [1.29, 1.82) is 0 Å². The quantitative estimate of drug-likeness (QED) is 0.492. The zero-order valence-electron chi connectivity index (χ0n) is 21.6. The molecule has 0 atom stereocenters. The molecular formula is C29H39FN6. The van der Waals surface area contributed by atoms with Gasteiger partial charge in [0.05, 0.1) is 5.39 Å². The highest BCUT2D eigenvalue weighted by atomic mass is 19.1. The maximum atomic E-state index is 14.1. The van der Waals surface area contributed by atoms with Crippen LogP contribution in [-0.4, -0.2) is 58.9 Å². The molecule has 192 valence electrons. The minimum Gasteiger partial charge on any atom is -0.357 e. The Morgan fingerprint density at radius 1 is 0.806 bits per heavy atom. The second-order valence-electron chi connectivity index (χ2n) is 11.2. The molecule has 1 spiro atoms. The summed E-state index contributed by atoms with van der Waals surface area (Å²) in [6.07, 6.45) is 10.00. The van der Waals surface area contributed by atoms with Crippen LogP contribution in [-0.2, 0) is 13.6 Å². The molecule has 3 aromatic rings. The molecule has 6 nitrogen and oxygen atoms in total. The van der Waals surface area contributed by atoms with Crippen LogP contribution in [0.3, 0.4) is 0 Å². The van der Waals surface area contributed by atoms with E-state index < -0.39 is 0 Å². The smallest absolute Gasteiger partial charge is 0.162 e. The van der Waals surface area contributed by atoms with Crippen LogP contribution in [0, 0.1) is 11.2 Å². The third-order valence-corrected chi connectivity index (χ3v) is 8.97. The average molecular weight is 491 g/mol. The minimum absolute atomic E-state index is 0.0817. The third-order valence-electron chi connectivity index (χ3n) is 8.97. The Labute approximate surface area is 214 Å². The lowest BCUT2D eigenvalue weighted by atomic mass is 9.71. The van der Waals surface area contributed by atoms with Gasteiger partial charge in [0, 0.05) is 45.3 Å². The molecule has 0 saturated carbocycles. The number of aromatic nitrogens is 3. The van der Waals surface area contributed by atoms with Gasteiger partial charge in [-0.15, -0.1) is 0 Å². The lowest BCUT2D eigenvalue weighted by Crippen LogP contribution is -2.46. The van der Waals surface area contributed by atoms with E-state index in [1.165, 1.54) is 56.8 Å². The van der Waals surface area contributed by atoms with E-state index in [0.29, 0.717) is 5.41 Å². The van der Waals surface area contributed by atoms with E-state index in [0.717, 1.165) is 68.7 Å². The molecule has 6 rings (SSSR count). The SMILES string of the molecule is Cn1nc(N2CCC3(CCN(Cc4ccccc4F)CC3)CC2)c2ccc(N3CCCCCC3)nc21. The van der Waals surface area contributed by atoms with E-state index in [-0.39, 0.29) is 5.82 Å². The van der Waals surface area contributed by atoms with Crippen LogP contribution in [0.5, 0.6) is 0 Å². The predicted molar refractivity (Wildman–Crippen MR) is 144 cm³/mol. The maximum absolute atomic E-state index is 14.1. The molecule has 0 aliphatic carbocycles. The van der Waals surface area contributed by atoms with Gasteiger partial charge in [-0.1, -0.05) is 31.0 Å². The summed E-state index contributed by atoms with van der Waals surface area (Å²) in [5.41, 5.74) is 2.23. The van der Waals surface area contributed by atoms with Crippen molar-refractivity contribution in [2.45, 2.75) is 57.9 Å². The van der Waals surface area contributed by atoms with Crippen LogP contribution >= 0.6 is 0 Å². The summed E-state index contributed by atoms with van der Waals surface area (Å²) < 4.78 is 16.1. The fraction of sp³-hybridized carbons (Fsp3) is 0.586. The molecule has 3 fully saturated rings. The molecule has 5 heterocycles. The van der Waals surface area contributed by atoms with Gasteiger partial charge in [-0.2, -0.15) is 5.10 Å². The van der Waals surface area contributed by atoms with E-state index in [1.54, 1.807) is 12.1 Å². The zero-order valence-corrected chi connectivity index (χ0v) is 21.6. The number of fused-ring (bicyclic) bond motifs is 1. The van der Waals surface area contributed by atoms with Crippen molar-refractivity contribution in [3.8, 4) is 0 Å². The summed E-state index contributed by atoms with van der Waals surface area (Å²) in [6, 6.07) is 11.6. The van der Waals surface area contributed by atoms with E-state index in [9.17, 15) is 4.39 Å². The Kier molecular flexibility index (Phi) is 6.59. The fourth-order valence-corrected chi connectivity index (χ4v) is 6.56. The molecule has 0 unspecified atom stereocenters. The number of piperidine rings is 2. The summed E-state index contributed by atoms with van der Waals surface area (Å²) in [6.45, 7) is 7.15. The van der Waals surface area contributed by atoms with Gasteiger partial charge in [0.2, 0.25) is 0 Å². The van der Waals surface area contributed by atoms with E-state index in [2.05, 4.69) is 26.8 Å². The molecule has 0 amide bonds. The third kappa shape index (κ3) is 4.70. The van der Waals surface area contributed by atoms with Gasteiger partial charge in [0.15, 0.2) is 11.5 Å². The van der Waals surface area contributed by atoms with Gasteiger partial charge in [-0.3, -0.25) is 4.90 Å². The van der Waals surface area contributed by atoms with Crippen LogP contribution in [0.2, 0.25) is 0 Å². The molecule has 3 aliphatic rings. The molecule has 2 aromatic heterocycles. The number of rotatable bonds is 4. The van der Waals surface area contributed by atoms with Crippen molar-refractivity contribution in [2.75, 3.05) is 49.1 Å². The normalized spacial score (nSPS) is 21.3. The Hall–Kier alpha value is -2.67. The average Bonchev–Trinajstić information content (AvgIpc) is 3.06. The number of hydrogen-bond donors (Lipinski definition) is 0. The first-order chi connectivity index (χ1) is 17.6. The van der Waals surface area contributed by atoms with Crippen LogP contribution in [0.4, 0.5) is 16.0 Å². The molecule has 0 N–H and O–H groups in total. The molecule has 0 radical (unpaired) electrons. The van der Waals surface area contributed by atoms with Crippen molar-refractivity contribution in [3.05, 3.63) is 47.8 Å². The number of aryl methyl sites for hydroxylation is 1. The highest BCUT2D eigenvalue weighted by Crippen LogP contribution is 2.43. The van der Waals surface area contributed by atoms with E-state index in [4.69, 9.17) is 10.1 Å². The molecule has 3 saturated heterocycles. The summed E-state index contributed by atoms with van der Waals surface area (Å²) in [4.78, 5) is 12.4. The molecule has 1 aromatic carbocycles. The van der Waals surface area contributed by atoms with Gasteiger partial charge >= 0.3 is 0 Å². The number of pyridine rings is 1. The lowest BCUT2D eigenvalue weighted by Gasteiger charge is -2.47. The summed E-state index contributed by atoms with van der Waals surface area (Å²) >= 11 is 0. The van der Waals surface area contributed by atoms with Crippen molar-refractivity contribution in [3.63, 3.8) is 0 Å². The van der Waals surface area contributed by atoms with E-state index in [1.807, 2.05) is 23.9 Å². The van der Waals surface area contributed by atoms with Crippen LogP contribution in [0.25, 0.3) is 11.0 Å². The standard InChI is InChI=1S/C29H39FN6/c1-33-27-24(10-11-26(31-27)35-16-6-2-3-7-17-35)28(32-33)36-20-14-29(15-21-36)12-18-34(19-13-29)22-23-8-4-5-9-25(23)30/h4-5,8-11H,2-3,6-7,12-22H2,1H3. The summed E-state index contributed by atoms with van der Waals surface area (Å²) in [5, 5.41) is 6.11. The van der Waals surface area contributed by atoms with E-state index >= 15 is 0 Å². The summed E-state index contributed by atoms with van der Waals surface area (Å²) in [5.74, 6) is 2.11. The zero-order chi connectivity index (χ0) is 24.5. The lowest BCUT2D eigenvalue weighted by molar-refractivity contribution is 0.0751. The Morgan fingerprint density at radius 2 is 1.50 bits per heavy atom. The minimum atomic E-state index is -0.0817. The first-order valence-corrected chi connectivity index (χ1v) is 13.9.